The highest BCUT2D eigenvalue weighted by Gasteiger charge is 2.23. The summed E-state index contributed by atoms with van der Waals surface area (Å²) in [5.74, 6) is 1.77. The number of nitrogens with one attached hydrogen (secondary N) is 2. The molecule has 18 heavy (non-hydrogen) atoms. The molecule has 1 fully saturated rings. The molecule has 94 valence electrons. The first-order valence-corrected chi connectivity index (χ1v) is 6.55. The maximum Gasteiger partial charge on any atom is 0.137 e. The van der Waals surface area contributed by atoms with Gasteiger partial charge in [-0.1, -0.05) is 24.3 Å². The van der Waals surface area contributed by atoms with Gasteiger partial charge in [0.05, 0.1) is 0 Å². The van der Waals surface area contributed by atoms with E-state index in [4.69, 9.17) is 0 Å². The van der Waals surface area contributed by atoms with Crippen molar-refractivity contribution in [2.75, 3.05) is 6.54 Å². The van der Waals surface area contributed by atoms with Crippen molar-refractivity contribution in [1.29, 1.82) is 0 Å². The van der Waals surface area contributed by atoms with Crippen LogP contribution in [0.3, 0.4) is 0 Å². The Balaban J connectivity index is 1.46. The molecule has 1 saturated carbocycles. The van der Waals surface area contributed by atoms with Crippen molar-refractivity contribution < 1.29 is 0 Å². The maximum absolute atomic E-state index is 4.10. The van der Waals surface area contributed by atoms with Crippen LogP contribution in [0.4, 0.5) is 0 Å². The third-order valence-corrected chi connectivity index (χ3v) is 3.33. The van der Waals surface area contributed by atoms with E-state index in [0.29, 0.717) is 0 Å². The van der Waals surface area contributed by atoms with Gasteiger partial charge < -0.3 is 5.32 Å². The minimum atomic E-state index is 0.833. The highest BCUT2D eigenvalue weighted by molar-refractivity contribution is 5.29. The fraction of sp³-hybridized carbons (Fsp3) is 0.429. The van der Waals surface area contributed by atoms with Crippen LogP contribution in [0.1, 0.15) is 35.7 Å². The lowest BCUT2D eigenvalue weighted by molar-refractivity contribution is 0.671. The number of hydrogen-bond acceptors (Lipinski definition) is 3. The van der Waals surface area contributed by atoms with Crippen molar-refractivity contribution in [3.8, 4) is 0 Å². The van der Waals surface area contributed by atoms with Crippen LogP contribution in [-0.4, -0.2) is 21.7 Å². The second-order valence-corrected chi connectivity index (χ2v) is 4.88. The number of benzene rings is 1. The Bertz CT molecular complexity index is 488. The van der Waals surface area contributed by atoms with Crippen LogP contribution in [0.15, 0.2) is 30.6 Å². The van der Waals surface area contributed by atoms with Gasteiger partial charge in [0.25, 0.3) is 0 Å². The summed E-state index contributed by atoms with van der Waals surface area (Å²) in [6.45, 7) is 1.84. The Morgan fingerprint density at radius 3 is 3.06 bits per heavy atom. The molecule has 4 nitrogen and oxygen atoms in total. The summed E-state index contributed by atoms with van der Waals surface area (Å²) in [6, 6.07) is 8.93. The highest BCUT2D eigenvalue weighted by atomic mass is 15.2. The van der Waals surface area contributed by atoms with Crippen molar-refractivity contribution >= 4 is 0 Å². The van der Waals surface area contributed by atoms with Crippen LogP contribution in [0, 0.1) is 0 Å². The summed E-state index contributed by atoms with van der Waals surface area (Å²) < 4.78 is 0. The van der Waals surface area contributed by atoms with E-state index in [0.717, 1.165) is 31.3 Å². The molecule has 1 aromatic carbocycles. The van der Waals surface area contributed by atoms with Gasteiger partial charge in [0.1, 0.15) is 12.2 Å². The lowest BCUT2D eigenvalue weighted by Gasteiger charge is -2.06. The van der Waals surface area contributed by atoms with Crippen molar-refractivity contribution in [3.05, 3.63) is 47.5 Å². The quantitative estimate of drug-likeness (QED) is 0.762. The first-order valence-electron chi connectivity index (χ1n) is 6.55. The van der Waals surface area contributed by atoms with Crippen molar-refractivity contribution in [2.45, 2.75) is 31.7 Å². The Labute approximate surface area is 107 Å². The number of hydrogen-bond donors (Lipinski definition) is 2. The molecule has 2 N–H and O–H groups in total. The summed E-state index contributed by atoms with van der Waals surface area (Å²) >= 11 is 0. The van der Waals surface area contributed by atoms with E-state index in [9.17, 15) is 0 Å². The Kier molecular flexibility index (Phi) is 3.37. The molecule has 0 aliphatic heterocycles. The molecule has 2 aromatic rings. The maximum atomic E-state index is 4.10. The zero-order valence-electron chi connectivity index (χ0n) is 10.4. The number of H-pyrrole nitrogens is 1. The standard InChI is InChI=1S/C14H18N4/c1-2-11(8-13(3-1)12-4-5-12)9-15-7-6-14-16-10-17-18-14/h1-3,8,10,12,15H,4-7,9H2,(H,16,17,18). The Morgan fingerprint density at radius 1 is 1.33 bits per heavy atom. The average molecular weight is 242 g/mol. The van der Waals surface area contributed by atoms with E-state index < -0.39 is 0 Å². The summed E-state index contributed by atoms with van der Waals surface area (Å²) in [7, 11) is 0. The average Bonchev–Trinajstić information content (AvgIpc) is 3.13. The molecule has 1 heterocycles. The Hall–Kier alpha value is -1.68. The number of aromatic nitrogens is 3. The summed E-state index contributed by atoms with van der Waals surface area (Å²) in [4.78, 5) is 4.10. The molecule has 1 aromatic heterocycles. The minimum Gasteiger partial charge on any atom is -0.312 e. The first kappa shape index (κ1) is 11.4. The van der Waals surface area contributed by atoms with Crippen LogP contribution in [0.5, 0.6) is 0 Å². The highest BCUT2D eigenvalue weighted by Crippen LogP contribution is 2.40. The van der Waals surface area contributed by atoms with Gasteiger partial charge in [-0.05, 0) is 29.9 Å². The SMILES string of the molecule is c1cc(CNCCc2ncn[nH]2)cc(C2CC2)c1. The molecule has 1 aliphatic carbocycles. The van der Waals surface area contributed by atoms with Gasteiger partial charge in [0, 0.05) is 19.5 Å². The van der Waals surface area contributed by atoms with Crippen LogP contribution in [0.25, 0.3) is 0 Å². The van der Waals surface area contributed by atoms with E-state index in [-0.39, 0.29) is 0 Å². The smallest absolute Gasteiger partial charge is 0.137 e. The van der Waals surface area contributed by atoms with Crippen LogP contribution < -0.4 is 5.32 Å². The largest absolute Gasteiger partial charge is 0.312 e. The van der Waals surface area contributed by atoms with Gasteiger partial charge in [0.2, 0.25) is 0 Å². The van der Waals surface area contributed by atoms with E-state index in [1.54, 1.807) is 6.33 Å². The lowest BCUT2D eigenvalue weighted by atomic mass is 10.1. The molecular formula is C14H18N4. The van der Waals surface area contributed by atoms with E-state index in [1.165, 1.54) is 24.0 Å². The van der Waals surface area contributed by atoms with Gasteiger partial charge in [0.15, 0.2) is 0 Å². The number of nitrogens with zero attached hydrogens (tertiary/aromatic N) is 2. The molecule has 0 amide bonds. The zero-order chi connectivity index (χ0) is 12.2. The van der Waals surface area contributed by atoms with Gasteiger partial charge in [-0.2, -0.15) is 5.10 Å². The predicted molar refractivity (Wildman–Crippen MR) is 70.2 cm³/mol. The normalized spacial score (nSPS) is 14.9. The molecule has 0 spiro atoms. The fourth-order valence-electron chi connectivity index (χ4n) is 2.16. The second kappa shape index (κ2) is 5.31. The summed E-state index contributed by atoms with van der Waals surface area (Å²) in [5, 5.41) is 10.1. The van der Waals surface area contributed by atoms with E-state index in [1.807, 2.05) is 0 Å². The lowest BCUT2D eigenvalue weighted by Crippen LogP contribution is -2.17. The summed E-state index contributed by atoms with van der Waals surface area (Å²) in [5.41, 5.74) is 2.88. The molecule has 0 atom stereocenters. The molecule has 0 unspecified atom stereocenters. The van der Waals surface area contributed by atoms with Crippen molar-refractivity contribution in [1.82, 2.24) is 20.5 Å². The minimum absolute atomic E-state index is 0.833. The predicted octanol–water partition coefficient (Wildman–Crippen LogP) is 2.01. The molecule has 0 radical (unpaired) electrons. The van der Waals surface area contributed by atoms with Gasteiger partial charge in [-0.3, -0.25) is 5.10 Å². The summed E-state index contributed by atoms with van der Waals surface area (Å²) in [6.07, 6.45) is 5.17. The van der Waals surface area contributed by atoms with Gasteiger partial charge in [-0.25, -0.2) is 4.98 Å². The third-order valence-electron chi connectivity index (χ3n) is 3.33. The fourth-order valence-corrected chi connectivity index (χ4v) is 2.16. The van der Waals surface area contributed by atoms with Gasteiger partial charge in [-0.15, -0.1) is 0 Å². The zero-order valence-corrected chi connectivity index (χ0v) is 10.4. The Morgan fingerprint density at radius 2 is 2.28 bits per heavy atom. The van der Waals surface area contributed by atoms with E-state index in [2.05, 4.69) is 44.8 Å². The van der Waals surface area contributed by atoms with Crippen LogP contribution >= 0.6 is 0 Å². The molecule has 0 bridgehead atoms. The molecule has 4 heteroatoms. The molecule has 0 saturated heterocycles. The first-order chi connectivity index (χ1) is 8.92. The second-order valence-electron chi connectivity index (χ2n) is 4.88. The van der Waals surface area contributed by atoms with Crippen LogP contribution in [0.2, 0.25) is 0 Å². The van der Waals surface area contributed by atoms with E-state index >= 15 is 0 Å². The molecule has 3 rings (SSSR count). The number of aromatic amines is 1. The molecular weight excluding hydrogens is 224 g/mol. The number of rotatable bonds is 6. The van der Waals surface area contributed by atoms with Gasteiger partial charge >= 0.3 is 0 Å². The topological polar surface area (TPSA) is 53.6 Å². The molecule has 1 aliphatic rings. The third kappa shape index (κ3) is 2.96. The monoisotopic (exact) mass is 242 g/mol. The van der Waals surface area contributed by atoms with Crippen molar-refractivity contribution in [3.63, 3.8) is 0 Å². The van der Waals surface area contributed by atoms with Crippen LogP contribution in [-0.2, 0) is 13.0 Å². The van der Waals surface area contributed by atoms with Crippen molar-refractivity contribution in [2.24, 2.45) is 0 Å².